The van der Waals surface area contributed by atoms with Crippen molar-refractivity contribution in [1.82, 2.24) is 5.32 Å². The van der Waals surface area contributed by atoms with Crippen LogP contribution >= 0.6 is 11.6 Å². The van der Waals surface area contributed by atoms with Gasteiger partial charge in [0.1, 0.15) is 6.54 Å². The molecule has 0 unspecified atom stereocenters. The zero-order chi connectivity index (χ0) is 25.8. The molecule has 0 heterocycles. The van der Waals surface area contributed by atoms with Crippen LogP contribution in [-0.2, 0) is 21.0 Å². The van der Waals surface area contributed by atoms with Crippen molar-refractivity contribution in [3.63, 3.8) is 0 Å². The lowest BCUT2D eigenvalue weighted by Crippen LogP contribution is -2.38. The normalized spacial score (nSPS) is 14.9. The summed E-state index contributed by atoms with van der Waals surface area (Å²) in [7, 11) is -4.14. The zero-order valence-electron chi connectivity index (χ0n) is 18.9. The van der Waals surface area contributed by atoms with Crippen LogP contribution in [0.5, 0.6) is 0 Å². The molecule has 2 aromatic carbocycles. The number of halogens is 4. The molecule has 190 valence electrons. The molecule has 2 aromatic rings. The quantitative estimate of drug-likeness (QED) is 0.535. The standard InChI is InChI=1S/C23H25ClF3N3O4S/c1-35(33,34)30(16-11-12-19(24)18(13-16)23(25,26)27)14-21(31)29-20-10-6-5-9-17(20)22(32)28-15-7-3-2-4-8-15/h5-6,9-13,15H,2-4,7-8,14H2,1H3,(H,28,32)(H,29,31). The number of sulfonamides is 1. The highest BCUT2D eigenvalue weighted by atomic mass is 35.5. The summed E-state index contributed by atoms with van der Waals surface area (Å²) in [6.45, 7) is -0.809. The number of rotatable bonds is 7. The van der Waals surface area contributed by atoms with Crippen molar-refractivity contribution in [2.45, 2.75) is 44.3 Å². The fraction of sp³-hybridized carbons (Fsp3) is 0.391. The van der Waals surface area contributed by atoms with Crippen LogP contribution in [0.25, 0.3) is 0 Å². The molecular weight excluding hydrogens is 507 g/mol. The molecule has 1 fully saturated rings. The minimum atomic E-state index is -4.82. The van der Waals surface area contributed by atoms with Gasteiger partial charge in [0.2, 0.25) is 15.9 Å². The number of amides is 2. The monoisotopic (exact) mass is 531 g/mol. The molecule has 0 spiro atoms. The molecule has 0 bridgehead atoms. The van der Waals surface area contributed by atoms with E-state index in [1.54, 1.807) is 12.1 Å². The molecule has 12 heteroatoms. The average Bonchev–Trinajstić information content (AvgIpc) is 2.77. The third kappa shape index (κ3) is 7.11. The lowest BCUT2D eigenvalue weighted by molar-refractivity contribution is -0.137. The number of anilines is 2. The van der Waals surface area contributed by atoms with Crippen molar-refractivity contribution in [3.8, 4) is 0 Å². The lowest BCUT2D eigenvalue weighted by Gasteiger charge is -2.24. The third-order valence-corrected chi connectivity index (χ3v) is 7.09. The maximum Gasteiger partial charge on any atom is 0.417 e. The van der Waals surface area contributed by atoms with E-state index in [2.05, 4.69) is 10.6 Å². The van der Waals surface area contributed by atoms with Crippen molar-refractivity contribution in [1.29, 1.82) is 0 Å². The zero-order valence-corrected chi connectivity index (χ0v) is 20.4. The fourth-order valence-corrected chi connectivity index (χ4v) is 4.98. The first-order chi connectivity index (χ1) is 16.4. The van der Waals surface area contributed by atoms with Gasteiger partial charge >= 0.3 is 6.18 Å². The summed E-state index contributed by atoms with van der Waals surface area (Å²) in [4.78, 5) is 25.6. The first-order valence-electron chi connectivity index (χ1n) is 10.9. The summed E-state index contributed by atoms with van der Waals surface area (Å²) in [6.07, 6.45) is 0.844. The minimum absolute atomic E-state index is 0.0356. The van der Waals surface area contributed by atoms with E-state index in [4.69, 9.17) is 11.6 Å². The van der Waals surface area contributed by atoms with E-state index in [0.29, 0.717) is 10.4 Å². The van der Waals surface area contributed by atoms with E-state index in [9.17, 15) is 31.2 Å². The second kappa shape index (κ2) is 10.9. The first-order valence-corrected chi connectivity index (χ1v) is 13.1. The van der Waals surface area contributed by atoms with Gasteiger partial charge in [-0.2, -0.15) is 13.2 Å². The lowest BCUT2D eigenvalue weighted by atomic mass is 9.95. The fourth-order valence-electron chi connectivity index (χ4n) is 3.91. The minimum Gasteiger partial charge on any atom is -0.349 e. The molecular formula is C23H25ClF3N3O4S. The highest BCUT2D eigenvalue weighted by Gasteiger charge is 2.34. The van der Waals surface area contributed by atoms with Crippen LogP contribution in [0.1, 0.15) is 48.0 Å². The Bertz CT molecular complexity index is 1200. The Balaban J connectivity index is 1.80. The number of nitrogens with one attached hydrogen (secondary N) is 2. The van der Waals surface area contributed by atoms with Gasteiger partial charge in [0.25, 0.3) is 5.91 Å². The van der Waals surface area contributed by atoms with Gasteiger partial charge in [-0.25, -0.2) is 8.42 Å². The number of hydrogen-bond donors (Lipinski definition) is 2. The second-order valence-corrected chi connectivity index (χ2v) is 10.6. The Labute approximate surface area is 206 Å². The highest BCUT2D eigenvalue weighted by Crippen LogP contribution is 2.37. The van der Waals surface area contributed by atoms with Gasteiger partial charge < -0.3 is 10.6 Å². The Kier molecular flexibility index (Phi) is 8.32. The summed E-state index contributed by atoms with van der Waals surface area (Å²) in [6, 6.07) is 8.84. The van der Waals surface area contributed by atoms with E-state index in [1.165, 1.54) is 12.1 Å². The third-order valence-electron chi connectivity index (χ3n) is 5.62. The highest BCUT2D eigenvalue weighted by molar-refractivity contribution is 7.92. The number of carbonyl (C=O) groups is 2. The molecule has 2 N–H and O–H groups in total. The van der Waals surface area contributed by atoms with E-state index >= 15 is 0 Å². The Morgan fingerprint density at radius 1 is 1.09 bits per heavy atom. The Hall–Kier alpha value is -2.79. The van der Waals surface area contributed by atoms with E-state index in [0.717, 1.165) is 50.5 Å². The summed E-state index contributed by atoms with van der Waals surface area (Å²) < 4.78 is 65.0. The predicted octanol–water partition coefficient (Wildman–Crippen LogP) is 4.83. The van der Waals surface area contributed by atoms with Crippen LogP contribution < -0.4 is 14.9 Å². The largest absolute Gasteiger partial charge is 0.417 e. The molecule has 0 aliphatic heterocycles. The van der Waals surface area contributed by atoms with E-state index in [-0.39, 0.29) is 28.9 Å². The molecule has 7 nitrogen and oxygen atoms in total. The van der Waals surface area contributed by atoms with Gasteiger partial charge in [-0.15, -0.1) is 0 Å². The number of benzene rings is 2. The van der Waals surface area contributed by atoms with Gasteiger partial charge in [0.05, 0.1) is 33.8 Å². The van der Waals surface area contributed by atoms with Crippen molar-refractivity contribution in [2.75, 3.05) is 22.4 Å². The molecule has 35 heavy (non-hydrogen) atoms. The van der Waals surface area contributed by atoms with Crippen molar-refractivity contribution in [2.24, 2.45) is 0 Å². The summed E-state index contributed by atoms with van der Waals surface area (Å²) in [5.74, 6) is -1.21. The topological polar surface area (TPSA) is 95.6 Å². The Morgan fingerprint density at radius 3 is 2.37 bits per heavy atom. The molecule has 0 aromatic heterocycles. The smallest absolute Gasteiger partial charge is 0.349 e. The summed E-state index contributed by atoms with van der Waals surface area (Å²) in [5, 5.41) is 4.85. The van der Waals surface area contributed by atoms with Gasteiger partial charge in [0.15, 0.2) is 0 Å². The van der Waals surface area contributed by atoms with Crippen molar-refractivity contribution >= 4 is 44.8 Å². The molecule has 1 aliphatic rings. The molecule has 3 rings (SSSR count). The van der Waals surface area contributed by atoms with Crippen LogP contribution in [0.4, 0.5) is 24.5 Å². The number of para-hydroxylation sites is 1. The van der Waals surface area contributed by atoms with Crippen molar-refractivity contribution in [3.05, 3.63) is 58.6 Å². The maximum absolute atomic E-state index is 13.3. The second-order valence-electron chi connectivity index (χ2n) is 8.33. The van der Waals surface area contributed by atoms with E-state index < -0.39 is 39.2 Å². The van der Waals surface area contributed by atoms with Crippen LogP contribution in [0.3, 0.4) is 0 Å². The molecule has 1 aliphatic carbocycles. The predicted molar refractivity (Wildman–Crippen MR) is 128 cm³/mol. The molecule has 0 saturated heterocycles. The van der Waals surface area contributed by atoms with Gasteiger partial charge in [-0.05, 0) is 43.2 Å². The maximum atomic E-state index is 13.3. The first kappa shape index (κ1) is 26.8. The molecule has 2 amide bonds. The van der Waals surface area contributed by atoms with Gasteiger partial charge in [0, 0.05) is 6.04 Å². The molecule has 0 atom stereocenters. The van der Waals surface area contributed by atoms with E-state index in [1.807, 2.05) is 0 Å². The number of hydrogen-bond acceptors (Lipinski definition) is 4. The Morgan fingerprint density at radius 2 is 1.74 bits per heavy atom. The SMILES string of the molecule is CS(=O)(=O)N(CC(=O)Nc1ccccc1C(=O)NC1CCCCC1)c1ccc(Cl)c(C(F)(F)F)c1. The van der Waals surface area contributed by atoms with Crippen LogP contribution in [0.2, 0.25) is 5.02 Å². The van der Waals surface area contributed by atoms with Crippen LogP contribution in [-0.4, -0.2) is 39.1 Å². The van der Waals surface area contributed by atoms with Gasteiger partial charge in [-0.1, -0.05) is 43.0 Å². The summed E-state index contributed by atoms with van der Waals surface area (Å²) in [5.41, 5.74) is -1.24. The van der Waals surface area contributed by atoms with Crippen molar-refractivity contribution < 1.29 is 31.2 Å². The average molecular weight is 532 g/mol. The number of nitrogens with zero attached hydrogens (tertiary/aromatic N) is 1. The number of alkyl halides is 3. The van der Waals surface area contributed by atoms with Crippen LogP contribution in [0, 0.1) is 0 Å². The molecule has 0 radical (unpaired) electrons. The van der Waals surface area contributed by atoms with Crippen LogP contribution in [0.15, 0.2) is 42.5 Å². The molecule has 1 saturated carbocycles. The summed E-state index contributed by atoms with van der Waals surface area (Å²) >= 11 is 5.62. The number of carbonyl (C=O) groups excluding carboxylic acids is 2. The van der Waals surface area contributed by atoms with Gasteiger partial charge in [-0.3, -0.25) is 13.9 Å².